The number of alkyl halides is 3. The standard InChI is InChI=1S/C8H5F3O/c9-8(10,11)12-7-2-1-5-3-6(5)4-7/h1-2,4H,3H2. The number of hydrogen-bond acceptors (Lipinski definition) is 1. The molecule has 64 valence electrons. The van der Waals surface area contributed by atoms with Gasteiger partial charge in [0.15, 0.2) is 0 Å². The highest BCUT2D eigenvalue weighted by atomic mass is 19.4. The summed E-state index contributed by atoms with van der Waals surface area (Å²) in [4.78, 5) is 0. The first-order chi connectivity index (χ1) is 5.54. The third-order valence-corrected chi connectivity index (χ3v) is 1.67. The molecule has 0 amide bonds. The monoisotopic (exact) mass is 174 g/mol. The summed E-state index contributed by atoms with van der Waals surface area (Å²) < 4.78 is 38.7. The first-order valence-corrected chi connectivity index (χ1v) is 3.42. The van der Waals surface area contributed by atoms with Crippen LogP contribution in [0.1, 0.15) is 11.1 Å². The molecular weight excluding hydrogens is 169 g/mol. The molecule has 1 nitrogen and oxygen atoms in total. The fourth-order valence-electron chi connectivity index (χ4n) is 1.07. The van der Waals surface area contributed by atoms with Crippen LogP contribution >= 0.6 is 0 Å². The van der Waals surface area contributed by atoms with Crippen LogP contribution < -0.4 is 4.74 Å². The van der Waals surface area contributed by atoms with Crippen LogP contribution in [0.5, 0.6) is 5.75 Å². The molecular formula is C8H5F3O. The lowest BCUT2D eigenvalue weighted by molar-refractivity contribution is -0.274. The third-order valence-electron chi connectivity index (χ3n) is 1.67. The molecule has 1 aliphatic carbocycles. The van der Waals surface area contributed by atoms with Gasteiger partial charge in [0.2, 0.25) is 0 Å². The Morgan fingerprint density at radius 2 is 1.92 bits per heavy atom. The van der Waals surface area contributed by atoms with E-state index in [4.69, 9.17) is 0 Å². The number of rotatable bonds is 1. The van der Waals surface area contributed by atoms with E-state index in [-0.39, 0.29) is 5.75 Å². The molecule has 4 heteroatoms. The van der Waals surface area contributed by atoms with Gasteiger partial charge in [0, 0.05) is 0 Å². The van der Waals surface area contributed by atoms with Gasteiger partial charge in [-0.25, -0.2) is 0 Å². The molecule has 0 unspecified atom stereocenters. The van der Waals surface area contributed by atoms with Crippen molar-refractivity contribution >= 4 is 0 Å². The minimum atomic E-state index is -4.58. The van der Waals surface area contributed by atoms with Gasteiger partial charge in [0.25, 0.3) is 0 Å². The molecule has 12 heavy (non-hydrogen) atoms. The van der Waals surface area contributed by atoms with Gasteiger partial charge in [-0.05, 0) is 29.7 Å². The lowest BCUT2D eigenvalue weighted by Crippen LogP contribution is -2.16. The van der Waals surface area contributed by atoms with Gasteiger partial charge in [-0.1, -0.05) is 6.07 Å². The maximum Gasteiger partial charge on any atom is 0.573 e. The summed E-state index contributed by atoms with van der Waals surface area (Å²) in [7, 11) is 0. The van der Waals surface area contributed by atoms with Crippen LogP contribution in [0.4, 0.5) is 13.2 Å². The molecule has 0 N–H and O–H groups in total. The van der Waals surface area contributed by atoms with Gasteiger partial charge in [-0.15, -0.1) is 13.2 Å². The minimum absolute atomic E-state index is 0.126. The minimum Gasteiger partial charge on any atom is -0.406 e. The van der Waals surface area contributed by atoms with Crippen molar-refractivity contribution in [2.45, 2.75) is 12.8 Å². The molecule has 1 aliphatic rings. The SMILES string of the molecule is FC(F)(F)Oc1ccc2c(c1)C2. The third kappa shape index (κ3) is 1.52. The highest BCUT2D eigenvalue weighted by Gasteiger charge is 2.31. The van der Waals surface area contributed by atoms with Crippen LogP contribution in [-0.4, -0.2) is 6.36 Å². The summed E-state index contributed by atoms with van der Waals surface area (Å²) in [5, 5.41) is 0. The summed E-state index contributed by atoms with van der Waals surface area (Å²) in [5.74, 6) is -0.126. The summed E-state index contributed by atoms with van der Waals surface area (Å²) in [6, 6.07) is 4.40. The van der Waals surface area contributed by atoms with E-state index in [9.17, 15) is 13.2 Å². The van der Waals surface area contributed by atoms with Crippen LogP contribution in [0.25, 0.3) is 0 Å². The molecule has 0 saturated carbocycles. The Bertz CT molecular complexity index is 317. The van der Waals surface area contributed by atoms with Crippen molar-refractivity contribution in [2.24, 2.45) is 0 Å². The van der Waals surface area contributed by atoms with E-state index in [1.807, 2.05) is 0 Å². The second-order valence-corrected chi connectivity index (χ2v) is 2.66. The van der Waals surface area contributed by atoms with Crippen LogP contribution in [0.2, 0.25) is 0 Å². The zero-order valence-electron chi connectivity index (χ0n) is 5.98. The maximum absolute atomic E-state index is 11.7. The Balaban J connectivity index is 2.15. The first kappa shape index (κ1) is 7.46. The Hall–Kier alpha value is -1.19. The van der Waals surface area contributed by atoms with Crippen LogP contribution in [0.3, 0.4) is 0 Å². The van der Waals surface area contributed by atoms with Gasteiger partial charge in [-0.3, -0.25) is 0 Å². The van der Waals surface area contributed by atoms with Crippen LogP contribution in [-0.2, 0) is 6.42 Å². The zero-order valence-corrected chi connectivity index (χ0v) is 5.98. The second-order valence-electron chi connectivity index (χ2n) is 2.66. The normalized spacial score (nSPS) is 13.9. The molecule has 2 rings (SSSR count). The van der Waals surface area contributed by atoms with E-state index in [2.05, 4.69) is 4.74 Å². The Morgan fingerprint density at radius 1 is 1.17 bits per heavy atom. The highest BCUT2D eigenvalue weighted by molar-refractivity contribution is 5.49. The molecule has 0 saturated heterocycles. The van der Waals surface area contributed by atoms with E-state index in [0.29, 0.717) is 0 Å². The molecule has 0 aliphatic heterocycles. The smallest absolute Gasteiger partial charge is 0.406 e. The van der Waals surface area contributed by atoms with Crippen molar-refractivity contribution in [1.29, 1.82) is 0 Å². The Morgan fingerprint density at radius 3 is 2.50 bits per heavy atom. The van der Waals surface area contributed by atoms with Crippen LogP contribution in [0.15, 0.2) is 18.2 Å². The Kier molecular flexibility index (Phi) is 1.34. The van der Waals surface area contributed by atoms with E-state index < -0.39 is 6.36 Å². The predicted octanol–water partition coefficient (Wildman–Crippen LogP) is 2.49. The second kappa shape index (κ2) is 2.15. The maximum atomic E-state index is 11.7. The summed E-state index contributed by atoms with van der Waals surface area (Å²) in [6.45, 7) is 0. The largest absolute Gasteiger partial charge is 0.573 e. The van der Waals surface area contributed by atoms with Gasteiger partial charge in [0.1, 0.15) is 5.75 Å². The van der Waals surface area contributed by atoms with E-state index in [1.165, 1.54) is 12.1 Å². The average Bonchev–Trinajstić information content (AvgIpc) is 2.61. The molecule has 0 heterocycles. The van der Waals surface area contributed by atoms with Crippen molar-refractivity contribution in [1.82, 2.24) is 0 Å². The first-order valence-electron chi connectivity index (χ1n) is 3.42. The summed E-state index contributed by atoms with van der Waals surface area (Å²) >= 11 is 0. The van der Waals surface area contributed by atoms with Crippen molar-refractivity contribution < 1.29 is 17.9 Å². The highest BCUT2D eigenvalue weighted by Crippen LogP contribution is 2.33. The molecule has 0 fully saturated rings. The predicted molar refractivity (Wildman–Crippen MR) is 35.9 cm³/mol. The van der Waals surface area contributed by atoms with Crippen molar-refractivity contribution in [2.75, 3.05) is 0 Å². The van der Waals surface area contributed by atoms with Gasteiger partial charge in [0.05, 0.1) is 0 Å². The lowest BCUT2D eigenvalue weighted by atomic mass is 10.3. The zero-order chi connectivity index (χ0) is 8.77. The van der Waals surface area contributed by atoms with Crippen molar-refractivity contribution in [3.8, 4) is 5.75 Å². The van der Waals surface area contributed by atoms with E-state index >= 15 is 0 Å². The summed E-state index contributed by atoms with van der Waals surface area (Å²) in [6.07, 6.45) is -3.79. The average molecular weight is 174 g/mol. The van der Waals surface area contributed by atoms with Gasteiger partial charge in [-0.2, -0.15) is 0 Å². The quantitative estimate of drug-likeness (QED) is 0.645. The molecule has 1 aromatic rings. The van der Waals surface area contributed by atoms with Gasteiger partial charge >= 0.3 is 6.36 Å². The number of benzene rings is 1. The van der Waals surface area contributed by atoms with Crippen molar-refractivity contribution in [3.05, 3.63) is 29.3 Å². The number of fused-ring (bicyclic) bond motifs is 1. The molecule has 0 spiro atoms. The fraction of sp³-hybridized carbons (Fsp3) is 0.250. The van der Waals surface area contributed by atoms with Gasteiger partial charge < -0.3 is 4.74 Å². The molecule has 0 aromatic heterocycles. The molecule has 0 atom stereocenters. The topological polar surface area (TPSA) is 9.23 Å². The molecule has 0 bridgehead atoms. The van der Waals surface area contributed by atoms with Crippen molar-refractivity contribution in [3.63, 3.8) is 0 Å². The van der Waals surface area contributed by atoms with E-state index in [1.54, 1.807) is 6.07 Å². The summed E-state index contributed by atoms with van der Waals surface area (Å²) in [5.41, 5.74) is 2.04. The number of hydrogen-bond donors (Lipinski definition) is 0. The number of ether oxygens (including phenoxy) is 1. The van der Waals surface area contributed by atoms with E-state index in [0.717, 1.165) is 17.5 Å². The Labute approximate surface area is 66.8 Å². The number of halogens is 3. The molecule has 0 radical (unpaired) electrons. The lowest BCUT2D eigenvalue weighted by Gasteiger charge is -2.07. The molecule has 1 aromatic carbocycles. The van der Waals surface area contributed by atoms with Crippen LogP contribution in [0, 0.1) is 0 Å². The fourth-order valence-corrected chi connectivity index (χ4v) is 1.07.